The molecule has 0 unspecified atom stereocenters. The molecule has 0 atom stereocenters. The summed E-state index contributed by atoms with van der Waals surface area (Å²) in [5, 5.41) is 10.6. The number of hydrogen-bond acceptors (Lipinski definition) is 3. The van der Waals surface area contributed by atoms with Crippen molar-refractivity contribution in [2.75, 3.05) is 0 Å². The normalized spacial score (nSPS) is 11.2. The number of ether oxygens (including phenoxy) is 1. The van der Waals surface area contributed by atoms with Crippen LogP contribution in [0.1, 0.15) is 26.3 Å². The Morgan fingerprint density at radius 2 is 1.71 bits per heavy atom. The number of benzene rings is 2. The van der Waals surface area contributed by atoms with E-state index in [0.29, 0.717) is 11.5 Å². The van der Waals surface area contributed by atoms with Gasteiger partial charge in [0.05, 0.1) is 9.40 Å². The number of nitro groups is 1. The highest BCUT2D eigenvalue weighted by Gasteiger charge is 2.15. The average molecular weight is 350 g/mol. The molecule has 4 nitrogen and oxygen atoms in total. The van der Waals surface area contributed by atoms with Crippen LogP contribution in [-0.2, 0) is 5.41 Å². The Balaban J connectivity index is 2.22. The first kappa shape index (κ1) is 15.5. The van der Waals surface area contributed by atoms with Crippen molar-refractivity contribution < 1.29 is 9.66 Å². The molecular weight excluding hydrogens is 334 g/mol. The molecule has 110 valence electrons. The van der Waals surface area contributed by atoms with Crippen LogP contribution in [-0.4, -0.2) is 4.92 Å². The first-order chi connectivity index (χ1) is 9.77. The van der Waals surface area contributed by atoms with Gasteiger partial charge in [0.2, 0.25) is 0 Å². The van der Waals surface area contributed by atoms with E-state index >= 15 is 0 Å². The monoisotopic (exact) mass is 349 g/mol. The zero-order valence-electron chi connectivity index (χ0n) is 12.1. The van der Waals surface area contributed by atoms with Gasteiger partial charge in [-0.1, -0.05) is 26.8 Å². The van der Waals surface area contributed by atoms with E-state index in [-0.39, 0.29) is 11.1 Å². The molecule has 0 saturated carbocycles. The Morgan fingerprint density at radius 1 is 1.10 bits per heavy atom. The summed E-state index contributed by atoms with van der Waals surface area (Å²) >= 11 is 3.50. The van der Waals surface area contributed by atoms with E-state index in [1.807, 2.05) is 18.2 Å². The first-order valence-electron chi connectivity index (χ1n) is 6.50. The highest BCUT2D eigenvalue weighted by atomic mass is 79.9. The van der Waals surface area contributed by atoms with Gasteiger partial charge < -0.3 is 4.74 Å². The predicted octanol–water partition coefficient (Wildman–Crippen LogP) is 5.45. The molecule has 0 fully saturated rings. The highest BCUT2D eigenvalue weighted by Crippen LogP contribution is 2.34. The summed E-state index contributed by atoms with van der Waals surface area (Å²) in [6.45, 7) is 6.43. The van der Waals surface area contributed by atoms with Crippen molar-refractivity contribution in [3.05, 3.63) is 62.6 Å². The standard InChI is InChI=1S/C16H16BrNO3/c1-16(2,3)11-4-9-15(14(17)10-11)21-13-7-5-12(6-8-13)18(19)20/h4-10H,1-3H3. The van der Waals surface area contributed by atoms with E-state index in [4.69, 9.17) is 4.74 Å². The third-order valence-corrected chi connectivity index (χ3v) is 3.69. The molecule has 2 rings (SSSR count). The fourth-order valence-corrected chi connectivity index (χ4v) is 2.27. The molecule has 21 heavy (non-hydrogen) atoms. The summed E-state index contributed by atoms with van der Waals surface area (Å²) in [4.78, 5) is 10.2. The fourth-order valence-electron chi connectivity index (χ4n) is 1.81. The van der Waals surface area contributed by atoms with E-state index in [1.54, 1.807) is 12.1 Å². The molecule has 0 heterocycles. The molecule has 0 bridgehead atoms. The Morgan fingerprint density at radius 3 is 2.19 bits per heavy atom. The van der Waals surface area contributed by atoms with Gasteiger partial charge in [-0.3, -0.25) is 10.1 Å². The second-order valence-corrected chi connectivity index (χ2v) is 6.60. The lowest BCUT2D eigenvalue weighted by Crippen LogP contribution is -2.10. The van der Waals surface area contributed by atoms with Crippen molar-refractivity contribution in [1.29, 1.82) is 0 Å². The summed E-state index contributed by atoms with van der Waals surface area (Å²) in [6, 6.07) is 12.0. The molecule has 0 saturated heterocycles. The lowest BCUT2D eigenvalue weighted by atomic mass is 9.87. The summed E-state index contributed by atoms with van der Waals surface area (Å²) in [7, 11) is 0. The van der Waals surface area contributed by atoms with Crippen LogP contribution in [0.3, 0.4) is 0 Å². The smallest absolute Gasteiger partial charge is 0.269 e. The van der Waals surface area contributed by atoms with Crippen molar-refractivity contribution >= 4 is 21.6 Å². The summed E-state index contributed by atoms with van der Waals surface area (Å²) in [5.74, 6) is 1.24. The van der Waals surface area contributed by atoms with Crippen LogP contribution in [0.4, 0.5) is 5.69 Å². The maximum absolute atomic E-state index is 10.6. The van der Waals surface area contributed by atoms with E-state index in [2.05, 4.69) is 36.7 Å². The molecule has 5 heteroatoms. The topological polar surface area (TPSA) is 52.4 Å². The largest absolute Gasteiger partial charge is 0.456 e. The van der Waals surface area contributed by atoms with E-state index in [1.165, 1.54) is 17.7 Å². The van der Waals surface area contributed by atoms with Crippen LogP contribution in [0, 0.1) is 10.1 Å². The van der Waals surface area contributed by atoms with E-state index < -0.39 is 4.92 Å². The molecule has 0 spiro atoms. The van der Waals surface area contributed by atoms with Crippen molar-refractivity contribution in [3.63, 3.8) is 0 Å². The van der Waals surface area contributed by atoms with Crippen LogP contribution in [0.5, 0.6) is 11.5 Å². The first-order valence-corrected chi connectivity index (χ1v) is 7.29. The van der Waals surface area contributed by atoms with Crippen molar-refractivity contribution in [1.82, 2.24) is 0 Å². The number of rotatable bonds is 3. The second kappa shape index (κ2) is 5.85. The SMILES string of the molecule is CC(C)(C)c1ccc(Oc2ccc([N+](=O)[O-])cc2)c(Br)c1. The third-order valence-electron chi connectivity index (χ3n) is 3.07. The maximum Gasteiger partial charge on any atom is 0.269 e. The van der Waals surface area contributed by atoms with Gasteiger partial charge in [-0.05, 0) is 51.2 Å². The van der Waals surface area contributed by atoms with Crippen LogP contribution in [0.2, 0.25) is 0 Å². The minimum atomic E-state index is -0.433. The van der Waals surface area contributed by atoms with E-state index in [0.717, 1.165) is 4.47 Å². The Bertz CT molecular complexity index is 660. The minimum Gasteiger partial charge on any atom is -0.456 e. The highest BCUT2D eigenvalue weighted by molar-refractivity contribution is 9.10. The maximum atomic E-state index is 10.6. The molecule has 0 amide bonds. The van der Waals surface area contributed by atoms with Gasteiger partial charge in [0, 0.05) is 12.1 Å². The lowest BCUT2D eigenvalue weighted by Gasteiger charge is -2.20. The molecule has 0 aliphatic heterocycles. The zero-order chi connectivity index (χ0) is 15.6. The van der Waals surface area contributed by atoms with Gasteiger partial charge in [0.1, 0.15) is 11.5 Å². The molecule has 0 aliphatic carbocycles. The minimum absolute atomic E-state index is 0.0458. The number of nitrogens with zero attached hydrogens (tertiary/aromatic N) is 1. The van der Waals surface area contributed by atoms with Gasteiger partial charge in [0.25, 0.3) is 5.69 Å². The van der Waals surface area contributed by atoms with Gasteiger partial charge in [-0.25, -0.2) is 0 Å². The van der Waals surface area contributed by atoms with Crippen LogP contribution < -0.4 is 4.74 Å². The second-order valence-electron chi connectivity index (χ2n) is 5.75. The molecule has 2 aromatic rings. The van der Waals surface area contributed by atoms with E-state index in [9.17, 15) is 10.1 Å². The Kier molecular flexibility index (Phi) is 4.32. The number of non-ortho nitro benzene ring substituents is 1. The number of halogens is 1. The number of nitro benzene ring substituents is 1. The Hall–Kier alpha value is -1.88. The fraction of sp³-hybridized carbons (Fsp3) is 0.250. The van der Waals surface area contributed by atoms with Crippen LogP contribution >= 0.6 is 15.9 Å². The predicted molar refractivity (Wildman–Crippen MR) is 86.0 cm³/mol. The molecule has 0 aromatic heterocycles. The Labute approximate surface area is 132 Å². The van der Waals surface area contributed by atoms with Gasteiger partial charge >= 0.3 is 0 Å². The van der Waals surface area contributed by atoms with Crippen molar-refractivity contribution in [2.45, 2.75) is 26.2 Å². The van der Waals surface area contributed by atoms with Crippen molar-refractivity contribution in [2.24, 2.45) is 0 Å². The molecular formula is C16H16BrNO3. The summed E-state index contributed by atoms with van der Waals surface area (Å²) in [6.07, 6.45) is 0. The van der Waals surface area contributed by atoms with Crippen LogP contribution in [0.25, 0.3) is 0 Å². The molecule has 2 aromatic carbocycles. The molecule has 0 aliphatic rings. The third kappa shape index (κ3) is 3.82. The lowest BCUT2D eigenvalue weighted by molar-refractivity contribution is -0.384. The quantitative estimate of drug-likeness (QED) is 0.547. The van der Waals surface area contributed by atoms with Gasteiger partial charge in [-0.2, -0.15) is 0 Å². The average Bonchev–Trinajstić information content (AvgIpc) is 2.40. The van der Waals surface area contributed by atoms with Gasteiger partial charge in [0.15, 0.2) is 0 Å². The summed E-state index contributed by atoms with van der Waals surface area (Å²) < 4.78 is 6.60. The summed E-state index contributed by atoms with van der Waals surface area (Å²) in [5.41, 5.74) is 1.31. The number of hydrogen-bond donors (Lipinski definition) is 0. The van der Waals surface area contributed by atoms with Gasteiger partial charge in [-0.15, -0.1) is 0 Å². The van der Waals surface area contributed by atoms with Crippen molar-refractivity contribution in [3.8, 4) is 11.5 Å². The zero-order valence-corrected chi connectivity index (χ0v) is 13.7. The molecule has 0 N–H and O–H groups in total. The van der Waals surface area contributed by atoms with Crippen LogP contribution in [0.15, 0.2) is 46.9 Å². The molecule has 0 radical (unpaired) electrons.